The van der Waals surface area contributed by atoms with E-state index in [4.69, 9.17) is 4.52 Å². The maximum absolute atomic E-state index is 9.50. The summed E-state index contributed by atoms with van der Waals surface area (Å²) in [7, 11) is 0. The van der Waals surface area contributed by atoms with Gasteiger partial charge in [0, 0.05) is 11.6 Å². The highest BCUT2D eigenvalue weighted by atomic mass is 32.2. The topological polar surface area (TPSA) is 49.8 Å². The normalized spacial score (nSPS) is 10.4. The minimum atomic E-state index is 0.700. The molecule has 2 heterocycles. The monoisotopic (exact) mass is 298 g/mol. The summed E-state index contributed by atoms with van der Waals surface area (Å²) in [6.45, 7) is 0. The summed E-state index contributed by atoms with van der Waals surface area (Å²) in [6, 6.07) is 14.1. The SMILES string of the molecule is CSc1sc(-c2ccno2)c(-c2ccccc2)c1C#N. The van der Waals surface area contributed by atoms with Crippen LogP contribution < -0.4 is 0 Å². The fraction of sp³-hybridized carbons (Fsp3) is 0.0667. The Morgan fingerprint density at radius 3 is 2.65 bits per heavy atom. The van der Waals surface area contributed by atoms with Gasteiger partial charge in [-0.1, -0.05) is 35.5 Å². The number of hydrogen-bond donors (Lipinski definition) is 0. The van der Waals surface area contributed by atoms with E-state index in [0.29, 0.717) is 11.3 Å². The van der Waals surface area contributed by atoms with Crippen molar-refractivity contribution < 1.29 is 4.52 Å². The Bertz CT molecular complexity index is 755. The van der Waals surface area contributed by atoms with Gasteiger partial charge in [0.2, 0.25) is 0 Å². The molecule has 0 spiro atoms. The Morgan fingerprint density at radius 2 is 2.05 bits per heavy atom. The number of nitrogens with zero attached hydrogens (tertiary/aromatic N) is 2. The van der Waals surface area contributed by atoms with E-state index in [1.807, 2.05) is 42.7 Å². The molecule has 0 aliphatic rings. The molecular formula is C15H10N2OS2. The van der Waals surface area contributed by atoms with Crippen molar-refractivity contribution in [2.24, 2.45) is 0 Å². The van der Waals surface area contributed by atoms with E-state index >= 15 is 0 Å². The number of aromatic nitrogens is 1. The van der Waals surface area contributed by atoms with Crippen molar-refractivity contribution in [2.45, 2.75) is 4.21 Å². The third-order valence-electron chi connectivity index (χ3n) is 2.90. The first kappa shape index (κ1) is 13.0. The highest BCUT2D eigenvalue weighted by Crippen LogP contribution is 2.45. The lowest BCUT2D eigenvalue weighted by atomic mass is 10.0. The molecule has 3 nitrogen and oxygen atoms in total. The van der Waals surface area contributed by atoms with E-state index < -0.39 is 0 Å². The van der Waals surface area contributed by atoms with Gasteiger partial charge in [-0.15, -0.1) is 23.1 Å². The van der Waals surface area contributed by atoms with Crippen LogP contribution in [0.1, 0.15) is 5.56 Å². The van der Waals surface area contributed by atoms with Gasteiger partial charge in [-0.25, -0.2) is 0 Å². The van der Waals surface area contributed by atoms with Crippen molar-refractivity contribution in [1.29, 1.82) is 5.26 Å². The van der Waals surface area contributed by atoms with Gasteiger partial charge in [-0.05, 0) is 11.8 Å². The quantitative estimate of drug-likeness (QED) is 0.660. The predicted molar refractivity (Wildman–Crippen MR) is 81.7 cm³/mol. The van der Waals surface area contributed by atoms with E-state index in [0.717, 1.165) is 20.2 Å². The summed E-state index contributed by atoms with van der Waals surface area (Å²) in [6.07, 6.45) is 3.60. The molecule has 0 saturated carbocycles. The van der Waals surface area contributed by atoms with Crippen LogP contribution in [0.4, 0.5) is 0 Å². The lowest BCUT2D eigenvalue weighted by molar-refractivity contribution is 0.433. The van der Waals surface area contributed by atoms with Crippen LogP contribution in [0.25, 0.3) is 21.8 Å². The van der Waals surface area contributed by atoms with Gasteiger partial charge in [0.05, 0.1) is 20.8 Å². The van der Waals surface area contributed by atoms with Crippen LogP contribution in [-0.2, 0) is 0 Å². The van der Waals surface area contributed by atoms with Crippen molar-refractivity contribution in [3.8, 4) is 27.8 Å². The van der Waals surface area contributed by atoms with Crippen LogP contribution in [0.3, 0.4) is 0 Å². The fourth-order valence-electron chi connectivity index (χ4n) is 2.04. The Kier molecular flexibility index (Phi) is 3.59. The minimum absolute atomic E-state index is 0.700. The van der Waals surface area contributed by atoms with Gasteiger partial charge < -0.3 is 4.52 Å². The third kappa shape index (κ3) is 2.13. The Hall–Kier alpha value is -2.03. The first-order valence-corrected chi connectivity index (χ1v) is 7.96. The lowest BCUT2D eigenvalue weighted by Gasteiger charge is -2.02. The molecule has 0 bridgehead atoms. The molecule has 98 valence electrons. The van der Waals surface area contributed by atoms with E-state index in [2.05, 4.69) is 11.2 Å². The molecule has 0 aliphatic carbocycles. The smallest absolute Gasteiger partial charge is 0.177 e. The van der Waals surface area contributed by atoms with E-state index in [1.165, 1.54) is 0 Å². The molecule has 3 aromatic rings. The highest BCUT2D eigenvalue weighted by Gasteiger charge is 2.22. The second kappa shape index (κ2) is 5.53. The molecule has 0 N–H and O–H groups in total. The molecule has 3 rings (SSSR count). The maximum Gasteiger partial charge on any atom is 0.177 e. The number of thioether (sulfide) groups is 1. The first-order valence-electron chi connectivity index (χ1n) is 5.92. The van der Waals surface area contributed by atoms with Gasteiger partial charge in [0.1, 0.15) is 6.07 Å². The summed E-state index contributed by atoms with van der Waals surface area (Å²) in [5, 5.41) is 13.3. The number of nitriles is 1. The molecule has 5 heteroatoms. The average molecular weight is 298 g/mol. The van der Waals surface area contributed by atoms with Crippen molar-refractivity contribution in [3.05, 3.63) is 48.2 Å². The summed E-state index contributed by atoms with van der Waals surface area (Å²) in [5.74, 6) is 0.700. The first-order chi connectivity index (χ1) is 9.85. The van der Waals surface area contributed by atoms with Gasteiger partial charge >= 0.3 is 0 Å². The second-order valence-electron chi connectivity index (χ2n) is 4.03. The van der Waals surface area contributed by atoms with Crippen molar-refractivity contribution >= 4 is 23.1 Å². The second-order valence-corrected chi connectivity index (χ2v) is 6.12. The predicted octanol–water partition coefficient (Wildman–Crippen LogP) is 4.66. The third-order valence-corrected chi connectivity index (χ3v) is 5.22. The zero-order valence-electron chi connectivity index (χ0n) is 10.7. The van der Waals surface area contributed by atoms with Crippen molar-refractivity contribution in [1.82, 2.24) is 5.16 Å². The molecule has 1 aromatic carbocycles. The molecule has 0 atom stereocenters. The molecule has 0 fully saturated rings. The zero-order valence-corrected chi connectivity index (χ0v) is 12.3. The summed E-state index contributed by atoms with van der Waals surface area (Å²) in [5.41, 5.74) is 2.66. The van der Waals surface area contributed by atoms with Gasteiger partial charge in [0.15, 0.2) is 5.76 Å². The lowest BCUT2D eigenvalue weighted by Crippen LogP contribution is -1.82. The highest BCUT2D eigenvalue weighted by molar-refractivity contribution is 8.00. The van der Waals surface area contributed by atoms with E-state index in [9.17, 15) is 5.26 Å². The molecule has 2 aromatic heterocycles. The van der Waals surface area contributed by atoms with Crippen LogP contribution in [0.15, 0.2) is 51.3 Å². The summed E-state index contributed by atoms with van der Waals surface area (Å²) >= 11 is 3.15. The van der Waals surface area contributed by atoms with Crippen LogP contribution in [-0.4, -0.2) is 11.4 Å². The molecule has 0 saturated heterocycles. The van der Waals surface area contributed by atoms with Crippen LogP contribution >= 0.6 is 23.1 Å². The summed E-state index contributed by atoms with van der Waals surface area (Å²) in [4.78, 5) is 0.953. The van der Waals surface area contributed by atoms with Gasteiger partial charge in [0.25, 0.3) is 0 Å². The number of benzene rings is 1. The van der Waals surface area contributed by atoms with Gasteiger partial charge in [-0.2, -0.15) is 5.26 Å². The van der Waals surface area contributed by atoms with Crippen molar-refractivity contribution in [3.63, 3.8) is 0 Å². The zero-order chi connectivity index (χ0) is 13.9. The molecule has 0 radical (unpaired) electrons. The van der Waals surface area contributed by atoms with Crippen LogP contribution in [0.2, 0.25) is 0 Å². The molecule has 0 amide bonds. The van der Waals surface area contributed by atoms with Crippen LogP contribution in [0, 0.1) is 11.3 Å². The molecular weight excluding hydrogens is 288 g/mol. The van der Waals surface area contributed by atoms with Gasteiger partial charge in [-0.3, -0.25) is 0 Å². The molecule has 20 heavy (non-hydrogen) atoms. The molecule has 0 unspecified atom stereocenters. The number of rotatable bonds is 3. The van der Waals surface area contributed by atoms with E-state index in [-0.39, 0.29) is 0 Å². The van der Waals surface area contributed by atoms with Crippen molar-refractivity contribution in [2.75, 3.05) is 6.26 Å². The Morgan fingerprint density at radius 1 is 1.25 bits per heavy atom. The average Bonchev–Trinajstić information content (AvgIpc) is 3.14. The standard InChI is InChI=1S/C15H10N2OS2/c1-19-15-11(9-16)13(10-5-3-2-4-6-10)14(20-15)12-7-8-17-18-12/h2-8H,1H3. The fourth-order valence-corrected chi connectivity index (χ4v) is 3.94. The Balaban J connectivity index is 2.31. The maximum atomic E-state index is 9.50. The number of hydrogen-bond acceptors (Lipinski definition) is 5. The van der Waals surface area contributed by atoms with E-state index in [1.54, 1.807) is 29.3 Å². The minimum Gasteiger partial charge on any atom is -0.355 e. The summed E-state index contributed by atoms with van der Waals surface area (Å²) < 4.78 is 6.28. The largest absolute Gasteiger partial charge is 0.355 e. The number of thiophene rings is 1. The Labute approximate surface area is 124 Å². The van der Waals surface area contributed by atoms with Crippen LogP contribution in [0.5, 0.6) is 0 Å². The molecule has 0 aliphatic heterocycles.